The van der Waals surface area contributed by atoms with Crippen molar-refractivity contribution in [3.05, 3.63) is 47.7 Å². The Bertz CT molecular complexity index is 908. The summed E-state index contributed by atoms with van der Waals surface area (Å²) < 4.78 is 12.3. The Kier molecular flexibility index (Phi) is 6.46. The zero-order valence-corrected chi connectivity index (χ0v) is 17.9. The van der Waals surface area contributed by atoms with E-state index in [-0.39, 0.29) is 12.3 Å². The largest absolute Gasteiger partial charge is 0.468 e. The number of rotatable bonds is 7. The molecule has 0 bridgehead atoms. The summed E-state index contributed by atoms with van der Waals surface area (Å²) in [7, 11) is 4.66. The number of methoxy groups -OCH3 is 2. The summed E-state index contributed by atoms with van der Waals surface area (Å²) in [5.74, 6) is -1.10. The highest BCUT2D eigenvalue weighted by atomic mass is 16.5. The van der Waals surface area contributed by atoms with Gasteiger partial charge in [-0.05, 0) is 30.9 Å². The lowest BCUT2D eigenvalue weighted by Gasteiger charge is -2.36. The van der Waals surface area contributed by atoms with E-state index in [4.69, 9.17) is 9.47 Å². The van der Waals surface area contributed by atoms with Crippen molar-refractivity contribution >= 4 is 22.8 Å². The van der Waals surface area contributed by atoms with Gasteiger partial charge in [0, 0.05) is 36.0 Å². The molecule has 0 spiro atoms. The van der Waals surface area contributed by atoms with Gasteiger partial charge in [0.2, 0.25) is 0 Å². The molecule has 5 heteroatoms. The van der Waals surface area contributed by atoms with Crippen molar-refractivity contribution in [1.82, 2.24) is 4.57 Å². The van der Waals surface area contributed by atoms with Crippen molar-refractivity contribution in [2.24, 2.45) is 12.5 Å². The minimum absolute atomic E-state index is 0.0512. The van der Waals surface area contributed by atoms with E-state index in [9.17, 15) is 9.59 Å². The van der Waals surface area contributed by atoms with Crippen LogP contribution in [0.4, 0.5) is 0 Å². The Morgan fingerprint density at radius 2 is 1.86 bits per heavy atom. The lowest BCUT2D eigenvalue weighted by Crippen LogP contribution is -2.46. The highest BCUT2D eigenvalue weighted by molar-refractivity contribution is 6.01. The molecule has 0 saturated heterocycles. The number of nitrogens with zero attached hydrogens (tertiary/aromatic N) is 1. The van der Waals surface area contributed by atoms with E-state index in [1.54, 1.807) is 0 Å². The van der Waals surface area contributed by atoms with Crippen LogP contribution in [0.5, 0.6) is 0 Å². The number of carbonyl (C=O) groups excluding carboxylic acids is 2. The number of hydrogen-bond acceptors (Lipinski definition) is 4. The lowest BCUT2D eigenvalue weighted by atomic mass is 9.68. The number of allylic oxidation sites excluding steroid dienone is 2. The first-order chi connectivity index (χ1) is 14.0. The topological polar surface area (TPSA) is 57.5 Å². The number of fused-ring (bicyclic) bond motifs is 3. The molecule has 0 saturated carbocycles. The Morgan fingerprint density at radius 1 is 1.17 bits per heavy atom. The number of unbranched alkanes of at least 4 members (excludes halogenated alkanes) is 3. The quantitative estimate of drug-likeness (QED) is 0.295. The fourth-order valence-electron chi connectivity index (χ4n) is 4.66. The summed E-state index contributed by atoms with van der Waals surface area (Å²) in [5, 5.41) is 1.18. The molecular weight excluding hydrogens is 366 g/mol. The van der Waals surface area contributed by atoms with Crippen LogP contribution in [0.15, 0.2) is 36.4 Å². The van der Waals surface area contributed by atoms with Crippen molar-refractivity contribution < 1.29 is 19.1 Å². The Morgan fingerprint density at radius 3 is 2.52 bits per heavy atom. The number of aryl methyl sites for hydroxylation is 1. The van der Waals surface area contributed by atoms with E-state index >= 15 is 0 Å². The molecule has 29 heavy (non-hydrogen) atoms. The summed E-state index contributed by atoms with van der Waals surface area (Å²) >= 11 is 0. The van der Waals surface area contributed by atoms with Crippen LogP contribution in [-0.4, -0.2) is 30.7 Å². The number of aromatic nitrogens is 1. The van der Waals surface area contributed by atoms with Crippen molar-refractivity contribution in [3.8, 4) is 0 Å². The number of carbonyl (C=O) groups is 2. The molecule has 0 amide bonds. The predicted molar refractivity (Wildman–Crippen MR) is 114 cm³/mol. The highest BCUT2D eigenvalue weighted by Crippen LogP contribution is 2.48. The first-order valence-electron chi connectivity index (χ1n) is 10.4. The van der Waals surface area contributed by atoms with Gasteiger partial charge in [-0.25, -0.2) is 0 Å². The number of hydrogen-bond donors (Lipinski definition) is 0. The van der Waals surface area contributed by atoms with Crippen LogP contribution >= 0.6 is 0 Å². The van der Waals surface area contributed by atoms with Crippen LogP contribution in [0.1, 0.15) is 56.2 Å². The average Bonchev–Trinajstić information content (AvgIpc) is 3.04. The van der Waals surface area contributed by atoms with Crippen molar-refractivity contribution in [1.29, 1.82) is 0 Å². The van der Waals surface area contributed by atoms with Crippen molar-refractivity contribution in [2.45, 2.75) is 51.4 Å². The number of benzene rings is 1. The second-order valence-electron chi connectivity index (χ2n) is 7.91. The maximum Gasteiger partial charge on any atom is 0.323 e. The standard InChI is InChI=1S/C24H31NO4/c1-5-6-7-8-9-12-17-15-24(22(26)28-3,23(27)29-4)16-20-21(17)18-13-10-11-14-19(18)25(20)2/h9-14,17H,5-8,15-16H2,1-4H3/b12-9+/t17-/m0/s1. The average molecular weight is 398 g/mol. The molecule has 1 heterocycles. The Balaban J connectivity index is 2.12. The van der Waals surface area contributed by atoms with Gasteiger partial charge in [0.15, 0.2) is 5.41 Å². The minimum atomic E-state index is -1.32. The molecular formula is C24H31NO4. The molecule has 0 aliphatic heterocycles. The normalized spacial score (nSPS) is 18.0. The molecule has 156 valence electrons. The first kappa shape index (κ1) is 21.2. The summed E-state index contributed by atoms with van der Waals surface area (Å²) in [6.07, 6.45) is 9.51. The molecule has 1 aliphatic rings. The van der Waals surface area contributed by atoms with Crippen LogP contribution in [0.3, 0.4) is 0 Å². The smallest absolute Gasteiger partial charge is 0.323 e. The molecule has 1 aromatic carbocycles. The van der Waals surface area contributed by atoms with Crippen LogP contribution in [-0.2, 0) is 32.5 Å². The van der Waals surface area contributed by atoms with E-state index in [0.717, 1.165) is 24.1 Å². The third kappa shape index (κ3) is 3.70. The zero-order valence-electron chi connectivity index (χ0n) is 17.9. The second-order valence-corrected chi connectivity index (χ2v) is 7.91. The molecule has 0 radical (unpaired) electrons. The Hall–Kier alpha value is -2.56. The van der Waals surface area contributed by atoms with Gasteiger partial charge >= 0.3 is 11.9 Å². The molecule has 1 aliphatic carbocycles. The van der Waals surface area contributed by atoms with Gasteiger partial charge in [-0.3, -0.25) is 9.59 Å². The number of para-hydroxylation sites is 1. The Labute approximate surface area is 172 Å². The molecule has 1 atom stereocenters. The summed E-state index contributed by atoms with van der Waals surface area (Å²) in [6, 6.07) is 8.24. The van der Waals surface area contributed by atoms with Gasteiger partial charge in [-0.1, -0.05) is 50.1 Å². The maximum atomic E-state index is 12.8. The van der Waals surface area contributed by atoms with Gasteiger partial charge < -0.3 is 14.0 Å². The van der Waals surface area contributed by atoms with Crippen LogP contribution in [0.2, 0.25) is 0 Å². The van der Waals surface area contributed by atoms with Crippen molar-refractivity contribution in [3.63, 3.8) is 0 Å². The first-order valence-corrected chi connectivity index (χ1v) is 10.4. The summed E-state index contributed by atoms with van der Waals surface area (Å²) in [5.41, 5.74) is 1.99. The molecule has 5 nitrogen and oxygen atoms in total. The molecule has 3 rings (SSSR count). The number of ether oxygens (including phenoxy) is 2. The molecule has 1 aromatic heterocycles. The second kappa shape index (κ2) is 8.85. The van der Waals surface area contributed by atoms with Crippen LogP contribution in [0, 0.1) is 5.41 Å². The molecule has 0 N–H and O–H groups in total. The third-order valence-corrected chi connectivity index (χ3v) is 6.17. The fourth-order valence-corrected chi connectivity index (χ4v) is 4.66. The number of esters is 2. The fraction of sp³-hybridized carbons (Fsp3) is 0.500. The van der Waals surface area contributed by atoms with E-state index < -0.39 is 17.4 Å². The van der Waals surface area contributed by atoms with Gasteiger partial charge in [0.1, 0.15) is 0 Å². The van der Waals surface area contributed by atoms with E-state index in [0.29, 0.717) is 6.42 Å². The van der Waals surface area contributed by atoms with E-state index in [1.165, 1.54) is 38.0 Å². The van der Waals surface area contributed by atoms with Gasteiger partial charge in [0.25, 0.3) is 0 Å². The van der Waals surface area contributed by atoms with Crippen LogP contribution < -0.4 is 0 Å². The van der Waals surface area contributed by atoms with Gasteiger partial charge in [-0.2, -0.15) is 0 Å². The molecule has 2 aromatic rings. The molecule has 0 fully saturated rings. The molecule has 0 unspecified atom stereocenters. The maximum absolute atomic E-state index is 12.8. The highest BCUT2D eigenvalue weighted by Gasteiger charge is 2.53. The third-order valence-electron chi connectivity index (χ3n) is 6.17. The lowest BCUT2D eigenvalue weighted by molar-refractivity contribution is -0.170. The van der Waals surface area contributed by atoms with E-state index in [2.05, 4.69) is 35.8 Å². The van der Waals surface area contributed by atoms with Gasteiger partial charge in [-0.15, -0.1) is 0 Å². The van der Waals surface area contributed by atoms with E-state index in [1.807, 2.05) is 19.2 Å². The van der Waals surface area contributed by atoms with Crippen molar-refractivity contribution in [2.75, 3.05) is 14.2 Å². The zero-order chi connectivity index (χ0) is 21.0. The minimum Gasteiger partial charge on any atom is -0.468 e. The van der Waals surface area contributed by atoms with Crippen LogP contribution in [0.25, 0.3) is 10.9 Å². The monoisotopic (exact) mass is 397 g/mol. The summed E-state index contributed by atoms with van der Waals surface area (Å²) in [4.78, 5) is 25.7. The SMILES string of the molecule is CCCCC/C=C/[C@H]1CC(C(=O)OC)(C(=O)OC)Cc2c1c1ccccc1n2C. The van der Waals surface area contributed by atoms with Gasteiger partial charge in [0.05, 0.1) is 14.2 Å². The predicted octanol–water partition coefficient (Wildman–Crippen LogP) is 4.68. The summed E-state index contributed by atoms with van der Waals surface area (Å²) in [6.45, 7) is 2.19.